The number of anilines is 2. The summed E-state index contributed by atoms with van der Waals surface area (Å²) in [5.41, 5.74) is 7.22. The number of nitrogens with one attached hydrogen (secondary N) is 1. The molecule has 0 spiro atoms. The number of hydrogen-bond donors (Lipinski definition) is 2. The minimum Gasteiger partial charge on any atom is -0.461 e. The van der Waals surface area contributed by atoms with E-state index in [0.717, 1.165) is 62.5 Å². The van der Waals surface area contributed by atoms with Crippen LogP contribution in [0.1, 0.15) is 73.0 Å². The second-order valence-corrected chi connectivity index (χ2v) is 12.3. The quantitative estimate of drug-likeness (QED) is 0.547. The highest BCUT2D eigenvalue weighted by atomic mass is 19.4. The van der Waals surface area contributed by atoms with E-state index >= 15 is 0 Å². The van der Waals surface area contributed by atoms with Gasteiger partial charge in [-0.15, -0.1) is 0 Å². The van der Waals surface area contributed by atoms with E-state index in [1.165, 1.54) is 25.8 Å². The van der Waals surface area contributed by atoms with E-state index in [4.69, 9.17) is 20.4 Å². The summed E-state index contributed by atoms with van der Waals surface area (Å²) in [6.45, 7) is 8.00. The molecule has 3 fully saturated rings. The number of hydrogen-bond acceptors (Lipinski definition) is 8. The van der Waals surface area contributed by atoms with Crippen molar-refractivity contribution in [1.82, 2.24) is 25.2 Å². The van der Waals surface area contributed by atoms with Crippen molar-refractivity contribution in [3.8, 4) is 6.01 Å². The molecule has 0 aromatic carbocycles. The molecule has 3 unspecified atom stereocenters. The van der Waals surface area contributed by atoms with Gasteiger partial charge in [-0.25, -0.2) is 4.98 Å². The van der Waals surface area contributed by atoms with Crippen molar-refractivity contribution < 1.29 is 17.9 Å². The van der Waals surface area contributed by atoms with Gasteiger partial charge in [0.2, 0.25) is 0 Å². The Balaban J connectivity index is 1.38. The van der Waals surface area contributed by atoms with Gasteiger partial charge in [0.15, 0.2) is 0 Å². The minimum atomic E-state index is -4.52. The monoisotopic (exact) mass is 559 g/mol. The maximum atomic E-state index is 14.2. The fraction of sp³-hybridized carbons (Fsp3) is 0.690. The van der Waals surface area contributed by atoms with Gasteiger partial charge in [-0.2, -0.15) is 23.1 Å². The Labute approximate surface area is 233 Å². The van der Waals surface area contributed by atoms with Crippen molar-refractivity contribution in [1.29, 1.82) is 0 Å². The first-order valence-electron chi connectivity index (χ1n) is 14.6. The summed E-state index contributed by atoms with van der Waals surface area (Å²) in [6, 6.07) is 1.91. The molecule has 3 aliphatic heterocycles. The van der Waals surface area contributed by atoms with E-state index in [0.29, 0.717) is 25.5 Å². The predicted octanol–water partition coefficient (Wildman–Crippen LogP) is 4.10. The number of nitrogen functional groups attached to an aromatic ring is 1. The topological polar surface area (TPSA) is 92.4 Å². The average Bonchev–Trinajstić information content (AvgIpc) is 3.63. The van der Waals surface area contributed by atoms with Crippen LogP contribution in [0.25, 0.3) is 0 Å². The molecule has 2 aromatic rings. The van der Waals surface area contributed by atoms with Crippen LogP contribution in [0.5, 0.6) is 6.01 Å². The van der Waals surface area contributed by atoms with Gasteiger partial charge in [0, 0.05) is 31.1 Å². The molecule has 3 N–H and O–H groups in total. The molecular weight excluding hydrogens is 519 g/mol. The lowest BCUT2D eigenvalue weighted by Gasteiger charge is -2.36. The van der Waals surface area contributed by atoms with E-state index in [-0.39, 0.29) is 34.6 Å². The molecule has 3 atom stereocenters. The highest BCUT2D eigenvalue weighted by molar-refractivity contribution is 5.53. The molecule has 2 aromatic heterocycles. The maximum absolute atomic E-state index is 14.2. The number of aromatic nitrogens is 3. The summed E-state index contributed by atoms with van der Waals surface area (Å²) in [7, 11) is 2.06. The number of rotatable bonds is 6. The molecular formula is C29H40F3N7O. The highest BCUT2D eigenvalue weighted by Gasteiger charge is 2.45. The lowest BCUT2D eigenvalue weighted by Crippen LogP contribution is -2.43. The first-order valence-corrected chi connectivity index (χ1v) is 14.6. The van der Waals surface area contributed by atoms with Crippen LogP contribution < -0.4 is 20.7 Å². The number of pyridine rings is 1. The average molecular weight is 560 g/mol. The number of nitrogens with two attached hydrogens (primary N) is 1. The molecule has 0 saturated carbocycles. The number of fused-ring (bicyclic) bond motifs is 2. The molecule has 1 aliphatic carbocycles. The Morgan fingerprint density at radius 3 is 2.60 bits per heavy atom. The second-order valence-electron chi connectivity index (χ2n) is 12.3. The Morgan fingerprint density at radius 1 is 1.18 bits per heavy atom. The zero-order valence-electron chi connectivity index (χ0n) is 23.7. The van der Waals surface area contributed by atoms with Gasteiger partial charge in [0.05, 0.1) is 22.5 Å². The first-order chi connectivity index (χ1) is 19.1. The molecule has 218 valence electrons. The van der Waals surface area contributed by atoms with Crippen molar-refractivity contribution in [3.05, 3.63) is 34.1 Å². The molecule has 40 heavy (non-hydrogen) atoms. The lowest BCUT2D eigenvalue weighted by molar-refractivity contribution is -0.139. The number of nitrogens with zero attached hydrogens (tertiary/aromatic N) is 5. The lowest BCUT2D eigenvalue weighted by atomic mass is 9.75. The van der Waals surface area contributed by atoms with Crippen molar-refractivity contribution in [2.75, 3.05) is 50.5 Å². The molecule has 0 radical (unpaired) electrons. The summed E-state index contributed by atoms with van der Waals surface area (Å²) in [5.74, 6) is 0.366. The predicted molar refractivity (Wildman–Crippen MR) is 148 cm³/mol. The maximum Gasteiger partial charge on any atom is 0.418 e. The smallest absolute Gasteiger partial charge is 0.418 e. The molecule has 5 heterocycles. The summed E-state index contributed by atoms with van der Waals surface area (Å²) < 4.78 is 49.1. The normalized spacial score (nSPS) is 26.1. The Hall–Kier alpha value is -2.66. The standard InChI is InChI=1S/C29H40F3N7O/c1-17-12-21-22(14-20(17)25-24(29(30,31)32)18(2)13-23(33)36-25)35-27(37-26(21)38(3)19-6-9-34-15-19)40-16-28-7-4-10-39(28)11-5-8-28/h13,17,19-20,34H,4-12,14-16H2,1-3H3,(H2,33,36). The largest absolute Gasteiger partial charge is 0.461 e. The van der Waals surface area contributed by atoms with Crippen LogP contribution in [0.3, 0.4) is 0 Å². The molecule has 6 rings (SSSR count). The molecule has 0 bridgehead atoms. The zero-order chi connectivity index (χ0) is 28.2. The number of halogens is 3. The van der Waals surface area contributed by atoms with Crippen LogP contribution in [0.2, 0.25) is 0 Å². The van der Waals surface area contributed by atoms with Crippen LogP contribution in [0, 0.1) is 12.8 Å². The van der Waals surface area contributed by atoms with E-state index in [9.17, 15) is 13.2 Å². The number of aryl methyl sites for hydroxylation is 1. The third-order valence-electron chi connectivity index (χ3n) is 9.77. The van der Waals surface area contributed by atoms with Crippen LogP contribution in [0.15, 0.2) is 6.07 Å². The summed E-state index contributed by atoms with van der Waals surface area (Å²) in [5, 5.41) is 3.42. The van der Waals surface area contributed by atoms with E-state index in [1.54, 1.807) is 0 Å². The Kier molecular flexibility index (Phi) is 7.09. The second kappa shape index (κ2) is 10.3. The molecule has 0 amide bonds. The fourth-order valence-electron chi connectivity index (χ4n) is 7.63. The SMILES string of the molecule is Cc1cc(N)nc(C2Cc3nc(OCC45CCCN4CCC5)nc(N(C)C4CCNC4)c3CC2C)c1C(F)(F)F. The van der Waals surface area contributed by atoms with Gasteiger partial charge in [0.1, 0.15) is 18.2 Å². The van der Waals surface area contributed by atoms with Gasteiger partial charge in [0.25, 0.3) is 0 Å². The number of likely N-dealkylation sites (N-methyl/N-ethyl adjacent to an activating group) is 1. The van der Waals surface area contributed by atoms with E-state index < -0.39 is 17.7 Å². The first kappa shape index (κ1) is 27.5. The Morgan fingerprint density at radius 2 is 1.93 bits per heavy atom. The van der Waals surface area contributed by atoms with Gasteiger partial charge in [-0.1, -0.05) is 6.92 Å². The molecule has 4 aliphatic rings. The van der Waals surface area contributed by atoms with Crippen molar-refractivity contribution in [3.63, 3.8) is 0 Å². The third-order valence-corrected chi connectivity index (χ3v) is 9.77. The Bertz CT molecular complexity index is 1250. The van der Waals surface area contributed by atoms with Gasteiger partial charge in [-0.3, -0.25) is 4.90 Å². The van der Waals surface area contributed by atoms with Crippen molar-refractivity contribution >= 4 is 11.6 Å². The van der Waals surface area contributed by atoms with Crippen LogP contribution in [-0.2, 0) is 19.0 Å². The summed E-state index contributed by atoms with van der Waals surface area (Å²) in [6.07, 6.45) is 1.94. The summed E-state index contributed by atoms with van der Waals surface area (Å²) >= 11 is 0. The third kappa shape index (κ3) is 4.89. The van der Waals surface area contributed by atoms with Crippen LogP contribution >= 0.6 is 0 Å². The summed E-state index contributed by atoms with van der Waals surface area (Å²) in [4.78, 5) is 18.8. The van der Waals surface area contributed by atoms with Gasteiger partial charge < -0.3 is 20.7 Å². The fourth-order valence-corrected chi connectivity index (χ4v) is 7.63. The van der Waals surface area contributed by atoms with Gasteiger partial charge >= 0.3 is 12.2 Å². The number of ether oxygens (including phenoxy) is 1. The molecule has 11 heteroatoms. The molecule has 3 saturated heterocycles. The van der Waals surface area contributed by atoms with Crippen molar-refractivity contribution in [2.45, 2.75) is 82.5 Å². The number of alkyl halides is 3. The van der Waals surface area contributed by atoms with Crippen LogP contribution in [0.4, 0.5) is 24.8 Å². The van der Waals surface area contributed by atoms with E-state index in [2.05, 4.69) is 27.1 Å². The van der Waals surface area contributed by atoms with Crippen molar-refractivity contribution in [2.24, 2.45) is 5.92 Å². The minimum absolute atomic E-state index is 0.0190. The van der Waals surface area contributed by atoms with E-state index in [1.807, 2.05) is 6.92 Å². The molecule has 8 nitrogen and oxygen atoms in total. The van der Waals surface area contributed by atoms with Crippen LogP contribution in [-0.4, -0.2) is 71.3 Å². The zero-order valence-corrected chi connectivity index (χ0v) is 23.7. The highest BCUT2D eigenvalue weighted by Crippen LogP contribution is 2.45. The van der Waals surface area contributed by atoms with Gasteiger partial charge in [-0.05, 0) is 89.1 Å².